The van der Waals surface area contributed by atoms with Crippen LogP contribution in [-0.4, -0.2) is 75.0 Å². The van der Waals surface area contributed by atoms with E-state index in [4.69, 9.17) is 14.2 Å². The third-order valence-electron chi connectivity index (χ3n) is 3.73. The summed E-state index contributed by atoms with van der Waals surface area (Å²) in [6.45, 7) is 0.238. The van der Waals surface area contributed by atoms with Crippen LogP contribution in [0.3, 0.4) is 0 Å². The van der Waals surface area contributed by atoms with Gasteiger partial charge in [0.2, 0.25) is 0 Å². The molecular weight excluding hydrogens is 308 g/mol. The van der Waals surface area contributed by atoms with E-state index in [0.29, 0.717) is 12.3 Å². The Morgan fingerprint density at radius 2 is 2.26 bits per heavy atom. The molecule has 1 saturated heterocycles. The van der Waals surface area contributed by atoms with E-state index < -0.39 is 24.5 Å². The zero-order valence-electron chi connectivity index (χ0n) is 12.5. The second-order valence-electron chi connectivity index (χ2n) is 5.12. The summed E-state index contributed by atoms with van der Waals surface area (Å²) in [4.78, 5) is 22.3. The quantitative estimate of drug-likeness (QED) is 0.541. The van der Waals surface area contributed by atoms with Gasteiger partial charge in [0.15, 0.2) is 17.4 Å². The van der Waals surface area contributed by atoms with E-state index in [1.54, 1.807) is 7.11 Å². The number of aromatic nitrogens is 4. The Bertz CT molecular complexity index is 716. The Balaban J connectivity index is 1.94. The van der Waals surface area contributed by atoms with E-state index in [1.807, 2.05) is 0 Å². The molecule has 1 unspecified atom stereocenters. The molecule has 0 saturated carbocycles. The van der Waals surface area contributed by atoms with Gasteiger partial charge in [-0.1, -0.05) is 0 Å². The predicted molar refractivity (Wildman–Crippen MR) is 76.8 cm³/mol. The van der Waals surface area contributed by atoms with Crippen LogP contribution in [-0.2, 0) is 14.2 Å². The normalized spacial score (nSPS) is 27.8. The van der Waals surface area contributed by atoms with Gasteiger partial charge in [-0.3, -0.25) is 9.36 Å². The molecule has 1 aliphatic heterocycles. The van der Waals surface area contributed by atoms with Crippen LogP contribution >= 0.6 is 0 Å². The van der Waals surface area contributed by atoms with Gasteiger partial charge in [-0.25, -0.2) is 9.97 Å². The highest BCUT2D eigenvalue weighted by Gasteiger charge is 2.45. The fraction of sp³-hybridized carbons (Fsp3) is 0.615. The first-order valence-corrected chi connectivity index (χ1v) is 7.12. The largest absolute Gasteiger partial charge is 0.394 e. The lowest BCUT2D eigenvalue weighted by molar-refractivity contribution is -0.0785. The molecule has 2 aromatic rings. The molecule has 23 heavy (non-hydrogen) atoms. The lowest BCUT2D eigenvalue weighted by Gasteiger charge is -2.21. The highest BCUT2D eigenvalue weighted by Crippen LogP contribution is 2.32. The van der Waals surface area contributed by atoms with Crippen molar-refractivity contribution in [3.05, 3.63) is 23.0 Å². The monoisotopic (exact) mass is 326 g/mol. The lowest BCUT2D eigenvalue weighted by Crippen LogP contribution is -2.36. The molecule has 3 heterocycles. The van der Waals surface area contributed by atoms with Crippen LogP contribution in [0.4, 0.5) is 0 Å². The first-order valence-electron chi connectivity index (χ1n) is 7.12. The van der Waals surface area contributed by atoms with E-state index in [9.17, 15) is 15.0 Å². The van der Waals surface area contributed by atoms with Crippen molar-refractivity contribution in [3.8, 4) is 0 Å². The van der Waals surface area contributed by atoms with Crippen molar-refractivity contribution in [2.45, 2.75) is 24.5 Å². The van der Waals surface area contributed by atoms with E-state index in [2.05, 4.69) is 15.0 Å². The van der Waals surface area contributed by atoms with Crippen LogP contribution < -0.4 is 5.56 Å². The molecule has 1 aliphatic rings. The van der Waals surface area contributed by atoms with Crippen molar-refractivity contribution in [1.29, 1.82) is 0 Å². The molecule has 0 bridgehead atoms. The van der Waals surface area contributed by atoms with Crippen LogP contribution in [0.25, 0.3) is 11.2 Å². The second kappa shape index (κ2) is 6.72. The number of hydrogen-bond acceptors (Lipinski definition) is 8. The average Bonchev–Trinajstić information content (AvgIpc) is 3.10. The molecule has 0 amide bonds. The smallest absolute Gasteiger partial charge is 0.278 e. The van der Waals surface area contributed by atoms with Crippen molar-refractivity contribution >= 4 is 11.2 Å². The number of ether oxygens (including phenoxy) is 3. The number of fused-ring (bicyclic) bond motifs is 1. The van der Waals surface area contributed by atoms with Crippen molar-refractivity contribution in [2.75, 3.05) is 26.9 Å². The van der Waals surface area contributed by atoms with E-state index in [0.717, 1.165) is 0 Å². The van der Waals surface area contributed by atoms with Crippen LogP contribution in [0.1, 0.15) is 6.23 Å². The summed E-state index contributed by atoms with van der Waals surface area (Å²) < 4.78 is 17.7. The third-order valence-corrected chi connectivity index (χ3v) is 3.73. The maximum Gasteiger partial charge on any atom is 0.278 e. The van der Waals surface area contributed by atoms with Crippen molar-refractivity contribution in [1.82, 2.24) is 19.5 Å². The molecular formula is C13H18N4O6. The Hall–Kier alpha value is -1.85. The number of rotatable bonds is 6. The third kappa shape index (κ3) is 2.86. The summed E-state index contributed by atoms with van der Waals surface area (Å²) in [6.07, 6.45) is -0.678. The molecule has 3 N–H and O–H groups in total. The summed E-state index contributed by atoms with van der Waals surface area (Å²) in [6, 6.07) is 0. The van der Waals surface area contributed by atoms with Crippen LogP contribution in [0.15, 0.2) is 17.4 Å². The maximum atomic E-state index is 11.7. The number of imidazole rings is 1. The topological polar surface area (TPSA) is 132 Å². The molecule has 0 spiro atoms. The highest BCUT2D eigenvalue weighted by atomic mass is 16.6. The Kier molecular flexibility index (Phi) is 4.68. The second-order valence-corrected chi connectivity index (χ2v) is 5.12. The summed E-state index contributed by atoms with van der Waals surface area (Å²) in [5.41, 5.74) is 0.0985. The van der Waals surface area contributed by atoms with Crippen molar-refractivity contribution in [2.24, 2.45) is 0 Å². The van der Waals surface area contributed by atoms with Gasteiger partial charge in [-0.05, 0) is 0 Å². The SMILES string of the molecule is COCCOC1[C@@H](O)[C@@H](CO)O[C@H]1n1cnc2c(=O)[nH]cnc21. The minimum Gasteiger partial charge on any atom is -0.394 e. The number of methoxy groups -OCH3 is 1. The fourth-order valence-electron chi connectivity index (χ4n) is 2.59. The van der Waals surface area contributed by atoms with Crippen LogP contribution in [0.2, 0.25) is 0 Å². The Morgan fingerprint density at radius 1 is 1.43 bits per heavy atom. The van der Waals surface area contributed by atoms with Crippen molar-refractivity contribution in [3.63, 3.8) is 0 Å². The van der Waals surface area contributed by atoms with Gasteiger partial charge in [0.1, 0.15) is 18.3 Å². The molecule has 0 aliphatic carbocycles. The first-order chi connectivity index (χ1) is 11.2. The van der Waals surface area contributed by atoms with Gasteiger partial charge in [0.05, 0.1) is 32.5 Å². The molecule has 3 rings (SSSR count). The zero-order chi connectivity index (χ0) is 16.4. The fourth-order valence-corrected chi connectivity index (χ4v) is 2.59. The summed E-state index contributed by atoms with van der Waals surface area (Å²) >= 11 is 0. The minimum atomic E-state index is -1.03. The molecule has 10 heteroatoms. The van der Waals surface area contributed by atoms with Crippen LogP contribution in [0, 0.1) is 0 Å². The van der Waals surface area contributed by atoms with Gasteiger partial charge < -0.3 is 29.4 Å². The van der Waals surface area contributed by atoms with Crippen LogP contribution in [0.5, 0.6) is 0 Å². The predicted octanol–water partition coefficient (Wildman–Crippen LogP) is -1.60. The molecule has 1 fully saturated rings. The number of aliphatic hydroxyl groups excluding tert-OH is 2. The van der Waals surface area contributed by atoms with E-state index in [1.165, 1.54) is 17.2 Å². The summed E-state index contributed by atoms with van der Waals surface area (Å²) in [5, 5.41) is 19.6. The number of aromatic amines is 1. The van der Waals surface area contributed by atoms with Gasteiger partial charge in [-0.15, -0.1) is 0 Å². The number of hydrogen-bond donors (Lipinski definition) is 3. The molecule has 4 atom stereocenters. The van der Waals surface area contributed by atoms with Gasteiger partial charge >= 0.3 is 0 Å². The van der Waals surface area contributed by atoms with E-state index in [-0.39, 0.29) is 24.3 Å². The van der Waals surface area contributed by atoms with Crippen molar-refractivity contribution < 1.29 is 24.4 Å². The molecule has 0 radical (unpaired) electrons. The average molecular weight is 326 g/mol. The summed E-state index contributed by atoms with van der Waals surface area (Å²) in [7, 11) is 1.54. The van der Waals surface area contributed by atoms with E-state index >= 15 is 0 Å². The van der Waals surface area contributed by atoms with Gasteiger partial charge in [-0.2, -0.15) is 0 Å². The zero-order valence-corrected chi connectivity index (χ0v) is 12.5. The van der Waals surface area contributed by atoms with Gasteiger partial charge in [0.25, 0.3) is 5.56 Å². The minimum absolute atomic E-state index is 0.161. The molecule has 2 aromatic heterocycles. The maximum absolute atomic E-state index is 11.7. The molecule has 126 valence electrons. The number of nitrogens with one attached hydrogen (secondary N) is 1. The molecule has 0 aromatic carbocycles. The first kappa shape index (κ1) is 16.0. The Morgan fingerprint density at radius 3 is 3.00 bits per heavy atom. The summed E-state index contributed by atoms with van der Waals surface area (Å²) in [5.74, 6) is 0. The Labute approximate surface area is 130 Å². The van der Waals surface area contributed by atoms with Gasteiger partial charge in [0, 0.05) is 7.11 Å². The number of aliphatic hydroxyl groups is 2. The standard InChI is InChI=1S/C13H18N4O6/c1-21-2-3-22-10-9(19)7(4-18)23-13(10)17-6-16-8-11(17)14-5-15-12(8)20/h5-7,9-10,13,18-19H,2-4H2,1H3,(H,14,15,20)/t7-,9+,10?,13-/m1/s1. The number of nitrogens with zero attached hydrogens (tertiary/aromatic N) is 3. The lowest BCUT2D eigenvalue weighted by atomic mass is 10.1. The highest BCUT2D eigenvalue weighted by molar-refractivity contribution is 5.68. The molecule has 10 nitrogen and oxygen atoms in total. The number of H-pyrrole nitrogens is 1.